The molecule has 57 heavy (non-hydrogen) atoms. The van der Waals surface area contributed by atoms with Crippen LogP contribution in [0.5, 0.6) is 0 Å². The predicted octanol–water partition coefficient (Wildman–Crippen LogP) is 7.63. The van der Waals surface area contributed by atoms with Gasteiger partial charge in [0.05, 0.1) is 36.1 Å². The van der Waals surface area contributed by atoms with Crippen molar-refractivity contribution < 1.29 is 42.9 Å². The molecule has 1 unspecified atom stereocenters. The minimum atomic E-state index is -5.01. The molecule has 2 aromatic heterocycles. The van der Waals surface area contributed by atoms with Gasteiger partial charge in [0.1, 0.15) is 42.3 Å². The van der Waals surface area contributed by atoms with Gasteiger partial charge in [-0.3, -0.25) is 9.05 Å². The number of aliphatic hydroxyl groups is 2. The van der Waals surface area contributed by atoms with Crippen LogP contribution in [0.1, 0.15) is 126 Å². The molecular formula is C40H58ClN6O9P. The maximum Gasteiger partial charge on any atom is 0.474 e. The summed E-state index contributed by atoms with van der Waals surface area (Å²) in [5.74, 6) is 0.0887. The molecule has 1 saturated heterocycles. The van der Waals surface area contributed by atoms with Crippen LogP contribution in [0.15, 0.2) is 36.7 Å². The van der Waals surface area contributed by atoms with E-state index in [-0.39, 0.29) is 30.3 Å². The zero-order valence-electron chi connectivity index (χ0n) is 32.8. The molecule has 3 heterocycles. The minimum Gasteiger partial charge on any atom is -0.386 e. The average Bonchev–Trinajstić information content (AvgIpc) is 3.74. The molecule has 17 heteroatoms. The topological polar surface area (TPSA) is 228 Å². The molecule has 314 valence electrons. The lowest BCUT2D eigenvalue weighted by molar-refractivity contribution is -0.145. The van der Waals surface area contributed by atoms with E-state index < -0.39 is 44.6 Å². The lowest BCUT2D eigenvalue weighted by Gasteiger charge is -2.24. The number of anilines is 1. The highest BCUT2D eigenvalue weighted by Crippen LogP contribution is 2.50. The van der Waals surface area contributed by atoms with Crippen LogP contribution in [0.2, 0.25) is 5.02 Å². The summed E-state index contributed by atoms with van der Waals surface area (Å²) >= 11 is 6.08. The van der Waals surface area contributed by atoms with E-state index in [9.17, 15) is 30.2 Å². The summed E-state index contributed by atoms with van der Waals surface area (Å²) in [5, 5.41) is 45.6. The number of aliphatic hydroxyl groups excluding tert-OH is 2. The van der Waals surface area contributed by atoms with E-state index in [4.69, 9.17) is 40.6 Å². The summed E-state index contributed by atoms with van der Waals surface area (Å²) in [6.07, 6.45) is 14.6. The number of rotatable bonds is 28. The normalized spacial score (nSPS) is 21.0. The van der Waals surface area contributed by atoms with E-state index >= 15 is 0 Å². The quantitative estimate of drug-likeness (QED) is 0.0408. The fourth-order valence-electron chi connectivity index (χ4n) is 6.80. The van der Waals surface area contributed by atoms with Crippen molar-refractivity contribution in [3.05, 3.63) is 58.5 Å². The van der Waals surface area contributed by atoms with Gasteiger partial charge >= 0.3 is 7.82 Å². The first kappa shape index (κ1) is 46.5. The molecule has 0 radical (unpaired) electrons. The molecule has 1 fully saturated rings. The second kappa shape index (κ2) is 24.0. The number of nitrogen functional groups attached to an aromatic ring is 1. The van der Waals surface area contributed by atoms with Crippen molar-refractivity contribution in [2.45, 2.75) is 146 Å². The van der Waals surface area contributed by atoms with Gasteiger partial charge in [-0.2, -0.15) is 15.6 Å². The maximum atomic E-state index is 13.2. The smallest absolute Gasteiger partial charge is 0.386 e. The van der Waals surface area contributed by atoms with Crippen molar-refractivity contribution in [3.63, 3.8) is 0 Å². The Hall–Kier alpha value is -3.18. The first-order valence-corrected chi connectivity index (χ1v) is 22.0. The number of nitrogens with zero attached hydrogens (tertiary/aromatic N) is 5. The summed E-state index contributed by atoms with van der Waals surface area (Å²) in [6.45, 7) is 2.26. The minimum absolute atomic E-state index is 0.0134. The summed E-state index contributed by atoms with van der Waals surface area (Å²) < 4.78 is 42.3. The van der Waals surface area contributed by atoms with Crippen LogP contribution in [0.4, 0.5) is 5.82 Å². The number of halogens is 1. The number of nitriles is 2. The molecule has 0 saturated carbocycles. The van der Waals surface area contributed by atoms with Crippen LogP contribution in [0.3, 0.4) is 0 Å². The lowest BCUT2D eigenvalue weighted by atomic mass is 9.93. The van der Waals surface area contributed by atoms with Gasteiger partial charge in [-0.15, -0.1) is 0 Å². The average molecular weight is 833 g/mol. The van der Waals surface area contributed by atoms with Crippen LogP contribution in [-0.4, -0.2) is 74.1 Å². The highest BCUT2D eigenvalue weighted by Gasteiger charge is 2.59. The lowest BCUT2D eigenvalue weighted by Crippen LogP contribution is -2.40. The first-order valence-electron chi connectivity index (χ1n) is 20.1. The third kappa shape index (κ3) is 14.0. The van der Waals surface area contributed by atoms with Gasteiger partial charge in [0.15, 0.2) is 12.1 Å². The molecule has 0 spiro atoms. The zero-order chi connectivity index (χ0) is 41.1. The monoisotopic (exact) mass is 832 g/mol. The molecule has 4 rings (SSSR count). The Morgan fingerprint density at radius 3 is 2.21 bits per heavy atom. The third-order valence-electron chi connectivity index (χ3n) is 10.1. The molecule has 0 bridgehead atoms. The fraction of sp³-hybridized carbons (Fsp3) is 0.650. The zero-order valence-corrected chi connectivity index (χ0v) is 34.5. The molecule has 15 nitrogen and oxygen atoms in total. The van der Waals surface area contributed by atoms with Gasteiger partial charge < -0.3 is 35.1 Å². The van der Waals surface area contributed by atoms with Crippen molar-refractivity contribution in [3.8, 4) is 12.1 Å². The number of nitrogens with two attached hydrogens (primary N) is 1. The van der Waals surface area contributed by atoms with Gasteiger partial charge in [-0.25, -0.2) is 14.1 Å². The van der Waals surface area contributed by atoms with Gasteiger partial charge in [-0.05, 0) is 36.2 Å². The number of hydrogen-bond donors (Lipinski definition) is 4. The van der Waals surface area contributed by atoms with Gasteiger partial charge in [0.25, 0.3) is 0 Å². The molecule has 0 amide bonds. The van der Waals surface area contributed by atoms with Crippen LogP contribution < -0.4 is 5.73 Å². The number of unbranched alkanes of at least 4 members (excludes halogenated alkanes) is 15. The number of fused-ring (bicyclic) bond motifs is 1. The third-order valence-corrected chi connectivity index (χ3v) is 11.4. The number of benzene rings is 1. The molecule has 1 aliphatic rings. The second-order valence-electron chi connectivity index (χ2n) is 14.5. The Balaban J connectivity index is 1.22. The molecule has 3 aromatic rings. The predicted molar refractivity (Wildman–Crippen MR) is 214 cm³/mol. The summed E-state index contributed by atoms with van der Waals surface area (Å²) in [5.41, 5.74) is 4.84. The Kier molecular flexibility index (Phi) is 19.6. The second-order valence-corrected chi connectivity index (χ2v) is 16.4. The standard InChI is InChI=1S/C40H58ClN6O9P/c1-2-3-4-5-6-7-8-9-10-11-12-13-14-15-16-17-22-52-26-32(53-25-30-18-19-33(41)31(23-30)24-42)27-54-57(50,51)56-39-36(48)37(49)40(28-43,55-39)35-21-20-34-38(44)45-29-46-47(34)35/h18-21,23,29,32,36-37,39,48-49H,2-17,22,25-27H2,1H3,(H,50,51)(H2,44,45,46)/t32-,36+,37-,39-,40+/m1/s1. The van der Waals surface area contributed by atoms with E-state index in [0.29, 0.717) is 22.7 Å². The van der Waals surface area contributed by atoms with Crippen LogP contribution in [0, 0.1) is 22.7 Å². The first-order chi connectivity index (χ1) is 27.5. The molecule has 1 aromatic carbocycles. The summed E-state index contributed by atoms with van der Waals surface area (Å²) in [4.78, 5) is 14.6. The van der Waals surface area contributed by atoms with E-state index in [1.165, 1.54) is 100 Å². The van der Waals surface area contributed by atoms with Crippen molar-refractivity contribution in [1.82, 2.24) is 14.6 Å². The van der Waals surface area contributed by atoms with Gasteiger partial charge in [0, 0.05) is 6.61 Å². The molecule has 5 N–H and O–H groups in total. The number of phosphoric ester groups is 1. The maximum absolute atomic E-state index is 13.2. The summed E-state index contributed by atoms with van der Waals surface area (Å²) in [7, 11) is -5.01. The van der Waals surface area contributed by atoms with Gasteiger partial charge in [-0.1, -0.05) is 121 Å². The Bertz CT molecular complexity index is 1800. The highest BCUT2D eigenvalue weighted by atomic mass is 35.5. The van der Waals surface area contributed by atoms with Crippen molar-refractivity contribution in [2.24, 2.45) is 0 Å². The largest absolute Gasteiger partial charge is 0.474 e. The number of hydrogen-bond acceptors (Lipinski definition) is 13. The molecule has 0 aliphatic carbocycles. The number of phosphoric acid groups is 1. The van der Waals surface area contributed by atoms with E-state index in [0.717, 1.165) is 25.6 Å². The fourth-order valence-corrected chi connectivity index (χ4v) is 7.81. The number of ether oxygens (including phenoxy) is 3. The molecule has 1 aliphatic heterocycles. The molecule has 6 atom stereocenters. The van der Waals surface area contributed by atoms with E-state index in [2.05, 4.69) is 17.0 Å². The van der Waals surface area contributed by atoms with E-state index in [1.54, 1.807) is 18.2 Å². The highest BCUT2D eigenvalue weighted by molar-refractivity contribution is 7.47. The van der Waals surface area contributed by atoms with Crippen molar-refractivity contribution in [1.29, 1.82) is 10.5 Å². The number of aromatic nitrogens is 3. The van der Waals surface area contributed by atoms with Crippen LogP contribution in [-0.2, 0) is 40.0 Å². The Morgan fingerprint density at radius 1 is 0.965 bits per heavy atom. The van der Waals surface area contributed by atoms with E-state index in [1.807, 2.05) is 12.1 Å². The van der Waals surface area contributed by atoms with Crippen molar-refractivity contribution >= 4 is 30.8 Å². The molecular weight excluding hydrogens is 775 g/mol. The Labute approximate surface area is 340 Å². The van der Waals surface area contributed by atoms with Gasteiger partial charge in [0.2, 0.25) is 5.60 Å². The Morgan fingerprint density at radius 2 is 1.60 bits per heavy atom. The SMILES string of the molecule is CCCCCCCCCCCCCCCCCCOC[C@H](COP(=O)(O)O[C@H]1O[C@@](C#N)(c2ccc3c(N)ncnn23)[C@H](O)[C@@H]1O)OCc1ccc(Cl)c(C#N)c1. The van der Waals surface area contributed by atoms with Crippen LogP contribution >= 0.6 is 19.4 Å². The van der Waals surface area contributed by atoms with Crippen LogP contribution in [0.25, 0.3) is 5.52 Å². The van der Waals surface area contributed by atoms with Crippen molar-refractivity contribution in [2.75, 3.05) is 25.6 Å². The summed E-state index contributed by atoms with van der Waals surface area (Å²) in [6, 6.07) is 11.6.